The lowest BCUT2D eigenvalue weighted by atomic mass is 9.91. The molecule has 4 nitrogen and oxygen atoms in total. The Labute approximate surface area is 82.9 Å². The average Bonchev–Trinajstić information content (AvgIpc) is 2.20. The van der Waals surface area contributed by atoms with Crippen LogP contribution in [0.15, 0.2) is 17.1 Å². The number of likely N-dealkylation sites (tertiary alicyclic amines) is 1. The number of aromatic nitrogens is 2. The topological polar surface area (TPSA) is 49.0 Å². The summed E-state index contributed by atoms with van der Waals surface area (Å²) in [6.45, 7) is 2.15. The van der Waals surface area contributed by atoms with E-state index in [0.29, 0.717) is 5.92 Å². The van der Waals surface area contributed by atoms with Crippen LogP contribution in [-0.2, 0) is 0 Å². The molecule has 0 aromatic carbocycles. The van der Waals surface area contributed by atoms with Crippen LogP contribution in [0.1, 0.15) is 24.3 Å². The average molecular weight is 193 g/mol. The first-order valence-corrected chi connectivity index (χ1v) is 4.99. The van der Waals surface area contributed by atoms with Gasteiger partial charge in [0.2, 0.25) is 0 Å². The maximum absolute atomic E-state index is 11.5. The molecule has 0 radical (unpaired) electrons. The molecule has 1 N–H and O–H groups in total. The Hall–Kier alpha value is -1.16. The largest absolute Gasteiger partial charge is 0.306 e. The lowest BCUT2D eigenvalue weighted by Gasteiger charge is -2.28. The van der Waals surface area contributed by atoms with Crippen LogP contribution in [0.25, 0.3) is 0 Å². The lowest BCUT2D eigenvalue weighted by molar-refractivity contribution is 0.254. The second kappa shape index (κ2) is 3.92. The van der Waals surface area contributed by atoms with E-state index in [1.807, 2.05) is 6.07 Å². The zero-order valence-electron chi connectivity index (χ0n) is 8.36. The van der Waals surface area contributed by atoms with E-state index in [-0.39, 0.29) is 5.56 Å². The molecular weight excluding hydrogens is 178 g/mol. The van der Waals surface area contributed by atoms with Crippen molar-refractivity contribution in [2.45, 2.75) is 18.8 Å². The van der Waals surface area contributed by atoms with Crippen LogP contribution >= 0.6 is 0 Å². The number of hydrogen-bond acceptors (Lipinski definition) is 3. The zero-order chi connectivity index (χ0) is 9.97. The van der Waals surface area contributed by atoms with Crippen LogP contribution in [0.4, 0.5) is 0 Å². The number of nitrogens with one attached hydrogen (secondary N) is 1. The molecule has 4 heteroatoms. The fourth-order valence-corrected chi connectivity index (χ4v) is 1.99. The third kappa shape index (κ3) is 1.85. The number of piperidine rings is 1. The van der Waals surface area contributed by atoms with Crippen molar-refractivity contribution in [1.82, 2.24) is 15.1 Å². The highest BCUT2D eigenvalue weighted by Crippen LogP contribution is 2.24. The van der Waals surface area contributed by atoms with E-state index < -0.39 is 0 Å². The van der Waals surface area contributed by atoms with Gasteiger partial charge in [0.05, 0.1) is 0 Å². The predicted octanol–water partition coefficient (Wildman–Crippen LogP) is 0.579. The number of H-pyrrole nitrogens is 1. The molecular formula is C10H15N3O. The number of aromatic amines is 1. The molecule has 2 rings (SSSR count). The van der Waals surface area contributed by atoms with Crippen molar-refractivity contribution in [3.8, 4) is 0 Å². The van der Waals surface area contributed by atoms with E-state index in [1.165, 1.54) is 0 Å². The first-order chi connectivity index (χ1) is 6.77. The van der Waals surface area contributed by atoms with Gasteiger partial charge in [-0.1, -0.05) is 0 Å². The van der Waals surface area contributed by atoms with Crippen molar-refractivity contribution in [3.63, 3.8) is 0 Å². The molecule has 1 fully saturated rings. The fourth-order valence-electron chi connectivity index (χ4n) is 1.99. The monoisotopic (exact) mass is 193 g/mol. The van der Waals surface area contributed by atoms with E-state index in [9.17, 15) is 4.79 Å². The lowest BCUT2D eigenvalue weighted by Crippen LogP contribution is -2.31. The van der Waals surface area contributed by atoms with Gasteiger partial charge in [0.15, 0.2) is 0 Å². The molecule has 1 aromatic heterocycles. The molecule has 0 amide bonds. The molecule has 1 aromatic rings. The maximum Gasteiger partial charge on any atom is 0.267 e. The third-order valence-corrected chi connectivity index (χ3v) is 2.92. The second-order valence-electron chi connectivity index (χ2n) is 3.92. The van der Waals surface area contributed by atoms with E-state index in [0.717, 1.165) is 31.5 Å². The van der Waals surface area contributed by atoms with Crippen LogP contribution in [0.5, 0.6) is 0 Å². The van der Waals surface area contributed by atoms with Crippen molar-refractivity contribution in [2.75, 3.05) is 20.1 Å². The van der Waals surface area contributed by atoms with Crippen molar-refractivity contribution in [2.24, 2.45) is 0 Å². The van der Waals surface area contributed by atoms with Gasteiger partial charge in [-0.05, 0) is 45.0 Å². The fraction of sp³-hybridized carbons (Fsp3) is 0.600. The quantitative estimate of drug-likeness (QED) is 0.709. The minimum Gasteiger partial charge on any atom is -0.306 e. The van der Waals surface area contributed by atoms with E-state index >= 15 is 0 Å². The Bertz CT molecular complexity index is 352. The van der Waals surface area contributed by atoms with Crippen LogP contribution in [0, 0.1) is 0 Å². The summed E-state index contributed by atoms with van der Waals surface area (Å²) in [7, 11) is 2.12. The molecule has 0 aliphatic carbocycles. The minimum absolute atomic E-state index is 0.0259. The molecule has 1 saturated heterocycles. The minimum atomic E-state index is -0.0259. The molecule has 0 unspecified atom stereocenters. The second-order valence-corrected chi connectivity index (χ2v) is 3.92. The normalized spacial score (nSPS) is 19.8. The summed E-state index contributed by atoms with van der Waals surface area (Å²) in [5.41, 5.74) is 0.871. The van der Waals surface area contributed by atoms with E-state index in [4.69, 9.17) is 0 Å². The van der Waals surface area contributed by atoms with E-state index in [1.54, 1.807) is 6.20 Å². The van der Waals surface area contributed by atoms with Gasteiger partial charge >= 0.3 is 0 Å². The Kier molecular flexibility index (Phi) is 2.63. The van der Waals surface area contributed by atoms with Gasteiger partial charge in [-0.15, -0.1) is 0 Å². The van der Waals surface area contributed by atoms with Gasteiger partial charge in [0, 0.05) is 11.8 Å². The molecule has 0 saturated carbocycles. The van der Waals surface area contributed by atoms with Crippen molar-refractivity contribution < 1.29 is 0 Å². The standard InChI is InChI=1S/C10H15N3O/c1-13-6-3-8(4-7-13)9-2-5-11-12-10(9)14/h2,5,8H,3-4,6-7H2,1H3,(H,12,14). The highest BCUT2D eigenvalue weighted by Gasteiger charge is 2.20. The van der Waals surface area contributed by atoms with Crippen molar-refractivity contribution in [1.29, 1.82) is 0 Å². The van der Waals surface area contributed by atoms with Crippen LogP contribution < -0.4 is 5.56 Å². The smallest absolute Gasteiger partial charge is 0.267 e. The summed E-state index contributed by atoms with van der Waals surface area (Å²) in [4.78, 5) is 13.8. The van der Waals surface area contributed by atoms with E-state index in [2.05, 4.69) is 22.1 Å². The van der Waals surface area contributed by atoms with Crippen LogP contribution in [0.2, 0.25) is 0 Å². The predicted molar refractivity (Wildman–Crippen MR) is 54.3 cm³/mol. The van der Waals surface area contributed by atoms with Crippen LogP contribution in [0.3, 0.4) is 0 Å². The Morgan fingerprint density at radius 1 is 1.50 bits per heavy atom. The van der Waals surface area contributed by atoms with Gasteiger partial charge in [0.25, 0.3) is 5.56 Å². The first-order valence-electron chi connectivity index (χ1n) is 4.99. The number of rotatable bonds is 1. The van der Waals surface area contributed by atoms with Crippen molar-refractivity contribution >= 4 is 0 Å². The summed E-state index contributed by atoms with van der Waals surface area (Å²) >= 11 is 0. The zero-order valence-corrected chi connectivity index (χ0v) is 8.36. The summed E-state index contributed by atoms with van der Waals surface area (Å²) in [5, 5.41) is 6.20. The van der Waals surface area contributed by atoms with Gasteiger partial charge in [-0.2, -0.15) is 5.10 Å². The summed E-state index contributed by atoms with van der Waals surface area (Å²) in [6, 6.07) is 1.84. The molecule has 0 atom stereocenters. The molecule has 14 heavy (non-hydrogen) atoms. The molecule has 76 valence electrons. The van der Waals surface area contributed by atoms with Crippen molar-refractivity contribution in [3.05, 3.63) is 28.2 Å². The first kappa shape index (κ1) is 9.40. The van der Waals surface area contributed by atoms with Gasteiger partial charge in [0.1, 0.15) is 0 Å². The Morgan fingerprint density at radius 2 is 2.21 bits per heavy atom. The highest BCUT2D eigenvalue weighted by atomic mass is 16.1. The third-order valence-electron chi connectivity index (χ3n) is 2.92. The number of hydrogen-bond donors (Lipinski definition) is 1. The van der Waals surface area contributed by atoms with Gasteiger partial charge in [-0.25, -0.2) is 5.10 Å². The van der Waals surface area contributed by atoms with Gasteiger partial charge < -0.3 is 4.90 Å². The SMILES string of the molecule is CN1CCC(c2ccn[nH]c2=O)CC1. The summed E-state index contributed by atoms with van der Waals surface area (Å²) in [6.07, 6.45) is 3.81. The maximum atomic E-state index is 11.5. The molecule has 2 heterocycles. The van der Waals surface area contributed by atoms with Crippen LogP contribution in [-0.4, -0.2) is 35.2 Å². The van der Waals surface area contributed by atoms with Gasteiger partial charge in [-0.3, -0.25) is 4.79 Å². The highest BCUT2D eigenvalue weighted by molar-refractivity contribution is 5.13. The Morgan fingerprint density at radius 3 is 2.86 bits per heavy atom. The summed E-state index contributed by atoms with van der Waals surface area (Å²) < 4.78 is 0. The molecule has 0 spiro atoms. The molecule has 1 aliphatic heterocycles. The summed E-state index contributed by atoms with van der Waals surface area (Å²) in [5.74, 6) is 0.415. The Balaban J connectivity index is 2.16. The number of nitrogens with zero attached hydrogens (tertiary/aromatic N) is 2. The molecule has 1 aliphatic rings. The molecule has 0 bridgehead atoms.